The number of nitrogens with one attached hydrogen (secondary N) is 2. The van der Waals surface area contributed by atoms with E-state index in [1.54, 1.807) is 0 Å². The molecule has 1 aromatic rings. The zero-order valence-electron chi connectivity index (χ0n) is 8.30. The van der Waals surface area contributed by atoms with Crippen LogP contribution in [0.5, 0.6) is 0 Å². The average molecular weight is 225 g/mol. The topological polar surface area (TPSA) is 133 Å². The van der Waals surface area contributed by atoms with Gasteiger partial charge in [-0.25, -0.2) is 5.10 Å². The summed E-state index contributed by atoms with van der Waals surface area (Å²) in [4.78, 5) is 22.1. The number of H-pyrrole nitrogens is 1. The van der Waals surface area contributed by atoms with Gasteiger partial charge in [0, 0.05) is 19.0 Å². The van der Waals surface area contributed by atoms with E-state index in [1.165, 1.54) is 12.1 Å². The minimum Gasteiger partial charge on any atom is -0.409 e. The molecule has 1 heterocycles. The molecule has 0 fully saturated rings. The van der Waals surface area contributed by atoms with E-state index in [-0.39, 0.29) is 30.1 Å². The van der Waals surface area contributed by atoms with Crippen molar-refractivity contribution in [2.24, 2.45) is 10.9 Å². The average Bonchev–Trinajstić information content (AvgIpc) is 2.29. The fraction of sp³-hybridized carbons (Fsp3) is 0.250. The van der Waals surface area contributed by atoms with Crippen molar-refractivity contribution in [2.75, 3.05) is 6.54 Å². The number of aromatic amines is 1. The Morgan fingerprint density at radius 3 is 2.94 bits per heavy atom. The zero-order chi connectivity index (χ0) is 12.0. The molecule has 0 saturated heterocycles. The molecule has 1 aromatic heterocycles. The van der Waals surface area contributed by atoms with Gasteiger partial charge in [-0.05, 0) is 6.07 Å². The number of amides is 1. The highest BCUT2D eigenvalue weighted by molar-refractivity contribution is 5.92. The monoisotopic (exact) mass is 225 g/mol. The normalized spacial score (nSPS) is 11.1. The molecule has 0 aliphatic rings. The molecule has 0 aliphatic heterocycles. The molecule has 1 amide bonds. The summed E-state index contributed by atoms with van der Waals surface area (Å²) in [7, 11) is 0. The summed E-state index contributed by atoms with van der Waals surface area (Å²) in [6.07, 6.45) is 0.228. The third-order valence-corrected chi connectivity index (χ3v) is 1.71. The van der Waals surface area contributed by atoms with E-state index in [0.717, 1.165) is 0 Å². The lowest BCUT2D eigenvalue weighted by Crippen LogP contribution is -2.29. The van der Waals surface area contributed by atoms with Crippen LogP contribution >= 0.6 is 0 Å². The molecule has 86 valence electrons. The number of carbonyl (C=O) groups excluding carboxylic acids is 1. The quantitative estimate of drug-likeness (QED) is 0.217. The van der Waals surface area contributed by atoms with Crippen LogP contribution in [0.4, 0.5) is 0 Å². The molecule has 0 aliphatic carbocycles. The molecule has 8 nitrogen and oxygen atoms in total. The van der Waals surface area contributed by atoms with E-state index in [1.807, 2.05) is 0 Å². The predicted octanol–water partition coefficient (Wildman–Crippen LogP) is -1.36. The van der Waals surface area contributed by atoms with Crippen molar-refractivity contribution in [2.45, 2.75) is 6.42 Å². The summed E-state index contributed by atoms with van der Waals surface area (Å²) in [5.74, 6) is -0.420. The van der Waals surface area contributed by atoms with Gasteiger partial charge in [0.05, 0.1) is 0 Å². The second-order valence-corrected chi connectivity index (χ2v) is 2.90. The Morgan fingerprint density at radius 2 is 2.38 bits per heavy atom. The van der Waals surface area contributed by atoms with Crippen molar-refractivity contribution in [1.82, 2.24) is 15.5 Å². The minimum atomic E-state index is -0.443. The lowest BCUT2D eigenvalue weighted by atomic mass is 10.3. The highest BCUT2D eigenvalue weighted by Crippen LogP contribution is 1.88. The molecule has 0 bridgehead atoms. The van der Waals surface area contributed by atoms with Crippen molar-refractivity contribution in [1.29, 1.82) is 0 Å². The number of carbonyl (C=O) groups is 1. The predicted molar refractivity (Wildman–Crippen MR) is 55.2 cm³/mol. The number of rotatable bonds is 4. The van der Waals surface area contributed by atoms with Gasteiger partial charge in [0.25, 0.3) is 11.5 Å². The van der Waals surface area contributed by atoms with Crippen LogP contribution < -0.4 is 16.6 Å². The van der Waals surface area contributed by atoms with Crippen molar-refractivity contribution in [3.8, 4) is 0 Å². The Morgan fingerprint density at radius 1 is 1.62 bits per heavy atom. The van der Waals surface area contributed by atoms with E-state index in [0.29, 0.717) is 0 Å². The van der Waals surface area contributed by atoms with Gasteiger partial charge in [-0.3, -0.25) is 9.59 Å². The molecule has 0 saturated carbocycles. The first-order valence-electron chi connectivity index (χ1n) is 4.44. The SMILES string of the molecule is N/C(CCNC(=O)c1ccc(=O)[nH]n1)=N/O. The molecule has 0 atom stereocenters. The second-order valence-electron chi connectivity index (χ2n) is 2.90. The Labute approximate surface area is 90.2 Å². The number of aromatic nitrogens is 2. The van der Waals surface area contributed by atoms with Gasteiger partial charge in [-0.1, -0.05) is 5.16 Å². The molecular weight excluding hydrogens is 214 g/mol. The highest BCUT2D eigenvalue weighted by Gasteiger charge is 2.06. The van der Waals surface area contributed by atoms with Crippen LogP contribution in [0.25, 0.3) is 0 Å². The first-order chi connectivity index (χ1) is 7.63. The molecule has 1 rings (SSSR count). The number of oxime groups is 1. The maximum atomic E-state index is 11.4. The largest absolute Gasteiger partial charge is 0.409 e. The van der Waals surface area contributed by atoms with Crippen LogP contribution in [0.1, 0.15) is 16.9 Å². The van der Waals surface area contributed by atoms with Gasteiger partial charge >= 0.3 is 0 Å². The fourth-order valence-corrected chi connectivity index (χ4v) is 0.916. The molecular formula is C8H11N5O3. The van der Waals surface area contributed by atoms with Gasteiger partial charge in [0.1, 0.15) is 11.5 Å². The minimum absolute atomic E-state index is 0.0229. The zero-order valence-corrected chi connectivity index (χ0v) is 8.30. The highest BCUT2D eigenvalue weighted by atomic mass is 16.4. The van der Waals surface area contributed by atoms with Crippen LogP contribution in [-0.4, -0.2) is 33.7 Å². The third kappa shape index (κ3) is 3.40. The summed E-state index contributed by atoms with van der Waals surface area (Å²) < 4.78 is 0. The van der Waals surface area contributed by atoms with Crippen LogP contribution in [0, 0.1) is 0 Å². The Bertz CT molecular complexity index is 433. The number of hydrogen-bond acceptors (Lipinski definition) is 5. The van der Waals surface area contributed by atoms with Gasteiger partial charge in [0.2, 0.25) is 0 Å². The third-order valence-electron chi connectivity index (χ3n) is 1.71. The first kappa shape index (κ1) is 11.7. The smallest absolute Gasteiger partial charge is 0.271 e. The van der Waals surface area contributed by atoms with Gasteiger partial charge in [0.15, 0.2) is 0 Å². The number of nitrogens with zero attached hydrogens (tertiary/aromatic N) is 2. The van der Waals surface area contributed by atoms with Crippen molar-refractivity contribution >= 4 is 11.7 Å². The lowest BCUT2D eigenvalue weighted by Gasteiger charge is -2.02. The first-order valence-corrected chi connectivity index (χ1v) is 4.44. The van der Waals surface area contributed by atoms with Crippen molar-refractivity contribution < 1.29 is 10.0 Å². The van der Waals surface area contributed by atoms with Crippen LogP contribution in [0.3, 0.4) is 0 Å². The molecule has 0 aromatic carbocycles. The van der Waals surface area contributed by atoms with E-state index in [4.69, 9.17) is 10.9 Å². The standard InChI is InChI=1S/C8H11N5O3/c9-6(13-16)3-4-10-8(15)5-1-2-7(14)12-11-5/h1-2,16H,3-4H2,(H2,9,13)(H,10,15)(H,12,14). The molecule has 5 N–H and O–H groups in total. The molecule has 0 spiro atoms. The number of amidine groups is 1. The Kier molecular flexibility index (Phi) is 4.01. The molecule has 8 heteroatoms. The van der Waals surface area contributed by atoms with E-state index in [9.17, 15) is 9.59 Å². The summed E-state index contributed by atoms with van der Waals surface area (Å²) >= 11 is 0. The fourth-order valence-electron chi connectivity index (χ4n) is 0.916. The maximum absolute atomic E-state index is 11.4. The van der Waals surface area contributed by atoms with Gasteiger partial charge in [-0.2, -0.15) is 5.10 Å². The summed E-state index contributed by atoms with van der Waals surface area (Å²) in [6, 6.07) is 2.50. The summed E-state index contributed by atoms with van der Waals surface area (Å²) in [6.45, 7) is 0.218. The van der Waals surface area contributed by atoms with E-state index < -0.39 is 5.91 Å². The van der Waals surface area contributed by atoms with Crippen LogP contribution in [0.2, 0.25) is 0 Å². The number of hydrogen-bond donors (Lipinski definition) is 4. The van der Waals surface area contributed by atoms with Crippen LogP contribution in [-0.2, 0) is 0 Å². The van der Waals surface area contributed by atoms with Gasteiger partial charge in [-0.15, -0.1) is 0 Å². The summed E-state index contributed by atoms with van der Waals surface area (Å²) in [5, 5.41) is 19.2. The lowest BCUT2D eigenvalue weighted by molar-refractivity contribution is 0.0948. The van der Waals surface area contributed by atoms with Crippen molar-refractivity contribution in [3.63, 3.8) is 0 Å². The molecule has 0 unspecified atom stereocenters. The summed E-state index contributed by atoms with van der Waals surface area (Å²) in [5.41, 5.74) is 4.92. The maximum Gasteiger partial charge on any atom is 0.271 e. The van der Waals surface area contributed by atoms with Gasteiger partial charge < -0.3 is 16.3 Å². The van der Waals surface area contributed by atoms with E-state index in [2.05, 4.69) is 20.7 Å². The molecule has 16 heavy (non-hydrogen) atoms. The number of nitrogens with two attached hydrogens (primary N) is 1. The Hall–Kier alpha value is -2.38. The Balaban J connectivity index is 2.47. The molecule has 0 radical (unpaired) electrons. The second kappa shape index (κ2) is 5.49. The van der Waals surface area contributed by atoms with Crippen LogP contribution in [0.15, 0.2) is 22.1 Å². The van der Waals surface area contributed by atoms with E-state index >= 15 is 0 Å². The van der Waals surface area contributed by atoms with Crippen molar-refractivity contribution in [3.05, 3.63) is 28.2 Å².